The Labute approximate surface area is 96.5 Å². The number of tetrazole rings is 1. The van der Waals surface area contributed by atoms with Gasteiger partial charge in [-0.3, -0.25) is 0 Å². The van der Waals surface area contributed by atoms with Crippen LogP contribution in [-0.4, -0.2) is 43.9 Å². The molecule has 0 aliphatic heterocycles. The van der Waals surface area contributed by atoms with Gasteiger partial charge in [0.1, 0.15) is 0 Å². The van der Waals surface area contributed by atoms with Crippen LogP contribution < -0.4 is 4.74 Å². The Balaban J connectivity index is 2.09. The number of hydrogen-bond donors (Lipinski definition) is 0. The second-order valence-corrected chi connectivity index (χ2v) is 3.21. The van der Waals surface area contributed by atoms with Gasteiger partial charge in [0.25, 0.3) is 0 Å². The summed E-state index contributed by atoms with van der Waals surface area (Å²) in [7, 11) is 0. The third-order valence-corrected chi connectivity index (χ3v) is 1.96. The first-order chi connectivity index (χ1) is 8.20. The van der Waals surface area contributed by atoms with Crippen LogP contribution in [0.1, 0.15) is 13.8 Å². The van der Waals surface area contributed by atoms with Gasteiger partial charge in [-0.25, -0.2) is 4.79 Å². The maximum Gasteiger partial charge on any atom is 0.347 e. The highest BCUT2D eigenvalue weighted by Gasteiger charge is 2.16. The Morgan fingerprint density at radius 2 is 2.35 bits per heavy atom. The first kappa shape index (κ1) is 11.2. The molecule has 17 heavy (non-hydrogen) atoms. The van der Waals surface area contributed by atoms with Gasteiger partial charge in [0.05, 0.1) is 6.61 Å². The maximum absolute atomic E-state index is 11.3. The molecule has 0 bridgehead atoms. The highest BCUT2D eigenvalue weighted by Crippen LogP contribution is 2.09. The lowest BCUT2D eigenvalue weighted by Crippen LogP contribution is -2.26. The van der Waals surface area contributed by atoms with Crippen molar-refractivity contribution in [3.05, 3.63) is 12.1 Å². The van der Waals surface area contributed by atoms with E-state index >= 15 is 0 Å². The largest absolute Gasteiger partial charge is 0.463 e. The Morgan fingerprint density at radius 1 is 1.53 bits per heavy atom. The van der Waals surface area contributed by atoms with Crippen LogP contribution in [0.15, 0.2) is 12.1 Å². The van der Waals surface area contributed by atoms with Gasteiger partial charge in [-0.05, 0) is 30.3 Å². The fourth-order valence-corrected chi connectivity index (χ4v) is 1.18. The van der Waals surface area contributed by atoms with Crippen molar-refractivity contribution in [2.75, 3.05) is 6.61 Å². The molecule has 0 spiro atoms. The van der Waals surface area contributed by atoms with E-state index in [0.29, 0.717) is 12.3 Å². The van der Waals surface area contributed by atoms with Gasteiger partial charge >= 0.3 is 5.97 Å². The average molecular weight is 237 g/mol. The molecule has 0 radical (unpaired) electrons. The zero-order valence-corrected chi connectivity index (χ0v) is 9.40. The number of carbonyl (C=O) groups excluding carboxylic acids is 1. The Bertz CT molecular complexity index is 526. The molecule has 0 aliphatic carbocycles. The minimum Gasteiger partial charge on any atom is -0.463 e. The molecule has 1 atom stereocenters. The minimum atomic E-state index is -0.726. The summed E-state index contributed by atoms with van der Waals surface area (Å²) >= 11 is 0. The molecule has 8 heteroatoms. The fraction of sp³-hybridized carbons (Fsp3) is 0.444. The van der Waals surface area contributed by atoms with Crippen molar-refractivity contribution in [2.45, 2.75) is 20.0 Å². The number of hydrogen-bond acceptors (Lipinski definition) is 7. The van der Waals surface area contributed by atoms with Crippen molar-refractivity contribution in [1.82, 2.24) is 25.3 Å². The Kier molecular flexibility index (Phi) is 3.12. The molecule has 0 N–H and O–H groups in total. The van der Waals surface area contributed by atoms with Crippen molar-refractivity contribution >= 4 is 11.6 Å². The van der Waals surface area contributed by atoms with E-state index in [4.69, 9.17) is 9.47 Å². The minimum absolute atomic E-state index is 0.255. The summed E-state index contributed by atoms with van der Waals surface area (Å²) in [5, 5.41) is 14.7. The molecule has 90 valence electrons. The standard InChI is InChI=1S/C9H11N5O3/c1-3-16-9(15)6(2)17-8-5-4-7-10-12-13-14(7)11-8/h4-6H,3H2,1-2H3. The molecule has 8 nitrogen and oxygen atoms in total. The highest BCUT2D eigenvalue weighted by atomic mass is 16.6. The van der Waals surface area contributed by atoms with E-state index in [1.54, 1.807) is 26.0 Å². The molecule has 0 saturated carbocycles. The van der Waals surface area contributed by atoms with Gasteiger partial charge in [0, 0.05) is 6.07 Å². The summed E-state index contributed by atoms with van der Waals surface area (Å²) < 4.78 is 11.3. The van der Waals surface area contributed by atoms with Gasteiger partial charge in [0.15, 0.2) is 11.8 Å². The molecular formula is C9H11N5O3. The van der Waals surface area contributed by atoms with Crippen LogP contribution in [0.5, 0.6) is 5.88 Å². The number of fused-ring (bicyclic) bond motifs is 1. The molecule has 2 heterocycles. The average Bonchev–Trinajstić information content (AvgIpc) is 2.76. The fourth-order valence-electron chi connectivity index (χ4n) is 1.18. The third kappa shape index (κ3) is 2.47. The lowest BCUT2D eigenvalue weighted by atomic mass is 10.4. The third-order valence-electron chi connectivity index (χ3n) is 1.96. The van der Waals surface area contributed by atoms with Crippen molar-refractivity contribution in [3.8, 4) is 5.88 Å². The summed E-state index contributed by atoms with van der Waals surface area (Å²) in [4.78, 5) is 11.3. The zero-order valence-electron chi connectivity index (χ0n) is 9.40. The van der Waals surface area contributed by atoms with Crippen LogP contribution in [0.3, 0.4) is 0 Å². The number of nitrogens with zero attached hydrogens (tertiary/aromatic N) is 5. The van der Waals surface area contributed by atoms with Crippen molar-refractivity contribution in [2.24, 2.45) is 0 Å². The molecule has 2 aromatic rings. The van der Waals surface area contributed by atoms with E-state index in [1.165, 1.54) is 4.63 Å². The van der Waals surface area contributed by atoms with Crippen LogP contribution in [0.25, 0.3) is 5.65 Å². The molecule has 0 aromatic carbocycles. The first-order valence-electron chi connectivity index (χ1n) is 5.09. The van der Waals surface area contributed by atoms with Gasteiger partial charge < -0.3 is 9.47 Å². The predicted molar refractivity (Wildman–Crippen MR) is 55.3 cm³/mol. The lowest BCUT2D eigenvalue weighted by Gasteiger charge is -2.11. The van der Waals surface area contributed by atoms with E-state index in [1.807, 2.05) is 0 Å². The number of rotatable bonds is 4. The van der Waals surface area contributed by atoms with E-state index in [9.17, 15) is 4.79 Å². The summed E-state index contributed by atoms with van der Waals surface area (Å²) in [6.07, 6.45) is -0.726. The van der Waals surface area contributed by atoms with Crippen molar-refractivity contribution < 1.29 is 14.3 Å². The van der Waals surface area contributed by atoms with Gasteiger partial charge in [-0.15, -0.1) is 14.8 Å². The van der Waals surface area contributed by atoms with Crippen molar-refractivity contribution in [3.63, 3.8) is 0 Å². The number of esters is 1. The molecule has 0 fully saturated rings. The van der Waals surface area contributed by atoms with Gasteiger partial charge in [-0.1, -0.05) is 0 Å². The van der Waals surface area contributed by atoms with Crippen LogP contribution in [0.2, 0.25) is 0 Å². The smallest absolute Gasteiger partial charge is 0.347 e. The van der Waals surface area contributed by atoms with Crippen LogP contribution in [0.4, 0.5) is 0 Å². The normalized spacial score (nSPS) is 12.4. The zero-order chi connectivity index (χ0) is 12.3. The van der Waals surface area contributed by atoms with Crippen LogP contribution >= 0.6 is 0 Å². The molecule has 0 aliphatic rings. The Morgan fingerprint density at radius 3 is 3.12 bits per heavy atom. The molecule has 0 amide bonds. The second-order valence-electron chi connectivity index (χ2n) is 3.21. The van der Waals surface area contributed by atoms with E-state index < -0.39 is 12.1 Å². The van der Waals surface area contributed by atoms with E-state index in [-0.39, 0.29) is 5.88 Å². The second kappa shape index (κ2) is 4.73. The quantitative estimate of drug-likeness (QED) is 0.683. The van der Waals surface area contributed by atoms with E-state index in [2.05, 4.69) is 20.6 Å². The molecule has 1 unspecified atom stereocenters. The van der Waals surface area contributed by atoms with E-state index in [0.717, 1.165) is 0 Å². The molecule has 2 aromatic heterocycles. The summed E-state index contributed by atoms with van der Waals surface area (Å²) in [6, 6.07) is 3.22. The van der Waals surface area contributed by atoms with Crippen LogP contribution in [-0.2, 0) is 9.53 Å². The summed E-state index contributed by atoms with van der Waals surface area (Å²) in [6.45, 7) is 3.63. The SMILES string of the molecule is CCOC(=O)C(C)Oc1ccc2nnnn2n1. The number of carbonyl (C=O) groups is 1. The topological polar surface area (TPSA) is 91.5 Å². The predicted octanol–water partition coefficient (Wildman–Crippen LogP) is -0.150. The summed E-state index contributed by atoms with van der Waals surface area (Å²) in [5.41, 5.74) is 0.501. The monoisotopic (exact) mass is 237 g/mol. The number of aromatic nitrogens is 5. The number of ether oxygens (including phenoxy) is 2. The molecule has 2 rings (SSSR count). The molecular weight excluding hydrogens is 226 g/mol. The van der Waals surface area contributed by atoms with Gasteiger partial charge in [-0.2, -0.15) is 0 Å². The Hall–Kier alpha value is -2.25. The van der Waals surface area contributed by atoms with Crippen molar-refractivity contribution in [1.29, 1.82) is 0 Å². The van der Waals surface area contributed by atoms with Gasteiger partial charge in [0.2, 0.25) is 5.88 Å². The summed E-state index contributed by atoms with van der Waals surface area (Å²) in [5.74, 6) is -0.184. The maximum atomic E-state index is 11.3. The lowest BCUT2D eigenvalue weighted by molar-refractivity contribution is -0.150. The van der Waals surface area contributed by atoms with Crippen LogP contribution in [0, 0.1) is 0 Å². The first-order valence-corrected chi connectivity index (χ1v) is 5.09. The molecule has 0 saturated heterocycles. The highest BCUT2D eigenvalue weighted by molar-refractivity contribution is 5.74.